The highest BCUT2D eigenvalue weighted by Crippen LogP contribution is 2.40. The summed E-state index contributed by atoms with van der Waals surface area (Å²) in [4.78, 5) is 32.6. The summed E-state index contributed by atoms with van der Waals surface area (Å²) in [5.74, 6) is -0.820. The zero-order valence-corrected chi connectivity index (χ0v) is 23.9. The van der Waals surface area contributed by atoms with Crippen molar-refractivity contribution in [2.24, 2.45) is 0 Å². The van der Waals surface area contributed by atoms with Crippen LogP contribution in [0.4, 0.5) is 5.69 Å². The average Bonchev–Trinajstić information content (AvgIpc) is 3.24. The van der Waals surface area contributed by atoms with E-state index in [1.807, 2.05) is 68.4 Å². The maximum Gasteiger partial charge on any atom is 0.295 e. The van der Waals surface area contributed by atoms with Crippen LogP contribution in [-0.2, 0) is 20.9 Å². The lowest BCUT2D eigenvalue weighted by atomic mass is 9.95. The van der Waals surface area contributed by atoms with Crippen LogP contribution in [0.3, 0.4) is 0 Å². The highest BCUT2D eigenvalue weighted by atomic mass is 16.5. The molecule has 0 aromatic heterocycles. The van der Waals surface area contributed by atoms with Gasteiger partial charge in [-0.15, -0.1) is 0 Å². The number of ketones is 1. The summed E-state index contributed by atoms with van der Waals surface area (Å²) in [6.07, 6.45) is 0. The summed E-state index contributed by atoms with van der Waals surface area (Å²) in [6, 6.07) is 22.1. The smallest absolute Gasteiger partial charge is 0.295 e. The summed E-state index contributed by atoms with van der Waals surface area (Å²) in [6.45, 7) is 6.32. The number of aryl methyl sites for hydroxylation is 1. The van der Waals surface area contributed by atoms with E-state index in [1.54, 1.807) is 29.2 Å². The number of aliphatic hydroxyl groups excluding tert-OH is 1. The Morgan fingerprint density at radius 2 is 1.68 bits per heavy atom. The largest absolute Gasteiger partial charge is 0.507 e. The highest BCUT2D eigenvalue weighted by Gasteiger charge is 2.46. The van der Waals surface area contributed by atoms with Crippen molar-refractivity contribution in [2.75, 3.05) is 58.4 Å². The minimum atomic E-state index is -0.690. The number of aliphatic hydroxyl groups is 1. The van der Waals surface area contributed by atoms with Gasteiger partial charge in [-0.3, -0.25) is 14.5 Å². The molecule has 1 N–H and O–H groups in total. The number of rotatable bonds is 9. The highest BCUT2D eigenvalue weighted by molar-refractivity contribution is 6.46. The number of morpholine rings is 1. The van der Waals surface area contributed by atoms with E-state index in [0.717, 1.165) is 29.9 Å². The number of benzene rings is 3. The lowest BCUT2D eigenvalue weighted by molar-refractivity contribution is -0.140. The number of Topliss-reactive ketones (excluding diaryl/α,β-unsaturated/α-hetero) is 1. The van der Waals surface area contributed by atoms with Crippen LogP contribution >= 0.6 is 0 Å². The molecule has 0 saturated carbocycles. The fourth-order valence-electron chi connectivity index (χ4n) is 5.32. The van der Waals surface area contributed by atoms with E-state index in [1.165, 1.54) is 5.56 Å². The monoisotopic (exact) mass is 555 g/mol. The predicted octanol–water partition coefficient (Wildman–Crippen LogP) is 4.39. The van der Waals surface area contributed by atoms with Gasteiger partial charge in [0.15, 0.2) is 0 Å². The SMILES string of the molecule is Cc1cccc(COc2ccc(/C(O)=C3\C(=O)C(=O)N(CCN4CCOCC4)[C@@H]3c3ccc(N(C)C)cc3)cc2)c1. The predicted molar refractivity (Wildman–Crippen MR) is 159 cm³/mol. The normalized spacial score (nSPS) is 19.0. The van der Waals surface area contributed by atoms with Crippen molar-refractivity contribution >= 4 is 23.1 Å². The number of ether oxygens (including phenoxy) is 2. The molecule has 0 unspecified atom stereocenters. The van der Waals surface area contributed by atoms with Gasteiger partial charge in [-0.05, 0) is 54.4 Å². The van der Waals surface area contributed by atoms with Crippen molar-refractivity contribution in [1.82, 2.24) is 9.80 Å². The molecule has 0 aliphatic carbocycles. The van der Waals surface area contributed by atoms with Crippen molar-refractivity contribution in [3.05, 3.63) is 101 Å². The molecule has 1 atom stereocenters. The van der Waals surface area contributed by atoms with Gasteiger partial charge >= 0.3 is 0 Å². The second kappa shape index (κ2) is 12.6. The number of nitrogens with zero attached hydrogens (tertiary/aromatic N) is 3. The van der Waals surface area contributed by atoms with Crippen LogP contribution in [0.1, 0.15) is 28.3 Å². The van der Waals surface area contributed by atoms with Gasteiger partial charge in [-0.2, -0.15) is 0 Å². The molecule has 0 bridgehead atoms. The van der Waals surface area contributed by atoms with Crippen molar-refractivity contribution in [3.8, 4) is 5.75 Å². The zero-order valence-electron chi connectivity index (χ0n) is 23.9. The van der Waals surface area contributed by atoms with Crippen molar-refractivity contribution in [1.29, 1.82) is 0 Å². The van der Waals surface area contributed by atoms with Crippen molar-refractivity contribution < 1.29 is 24.2 Å². The van der Waals surface area contributed by atoms with E-state index in [-0.39, 0.29) is 11.3 Å². The third kappa shape index (κ3) is 6.45. The maximum atomic E-state index is 13.4. The van der Waals surface area contributed by atoms with E-state index in [9.17, 15) is 14.7 Å². The number of hydrogen-bond donors (Lipinski definition) is 1. The quantitative estimate of drug-likeness (QED) is 0.238. The molecule has 3 aromatic carbocycles. The first-order valence-corrected chi connectivity index (χ1v) is 14.0. The topological polar surface area (TPSA) is 82.5 Å². The van der Waals surface area contributed by atoms with Gasteiger partial charge in [0, 0.05) is 51.5 Å². The van der Waals surface area contributed by atoms with Crippen molar-refractivity contribution in [3.63, 3.8) is 0 Å². The Labute approximate surface area is 241 Å². The molecular formula is C33H37N3O5. The fourth-order valence-corrected chi connectivity index (χ4v) is 5.32. The van der Waals surface area contributed by atoms with E-state index in [4.69, 9.17) is 9.47 Å². The average molecular weight is 556 g/mol. The molecule has 2 heterocycles. The van der Waals surface area contributed by atoms with Gasteiger partial charge in [-0.1, -0.05) is 42.0 Å². The first-order valence-electron chi connectivity index (χ1n) is 14.0. The van der Waals surface area contributed by atoms with Crippen LogP contribution in [0, 0.1) is 6.92 Å². The minimum absolute atomic E-state index is 0.100. The van der Waals surface area contributed by atoms with Gasteiger partial charge in [0.05, 0.1) is 24.8 Å². The second-order valence-corrected chi connectivity index (χ2v) is 10.7. The van der Waals surface area contributed by atoms with Gasteiger partial charge in [-0.25, -0.2) is 0 Å². The Morgan fingerprint density at radius 3 is 2.34 bits per heavy atom. The van der Waals surface area contributed by atoms with Crippen LogP contribution in [0.25, 0.3) is 5.76 Å². The zero-order chi connectivity index (χ0) is 28.9. The van der Waals surface area contributed by atoms with Gasteiger partial charge < -0.3 is 24.4 Å². The van der Waals surface area contributed by atoms with Gasteiger partial charge in [0.1, 0.15) is 18.1 Å². The molecule has 5 rings (SSSR count). The number of carbonyl (C=O) groups excluding carboxylic acids is 2. The Bertz CT molecular complexity index is 1410. The molecule has 2 fully saturated rings. The third-order valence-electron chi connectivity index (χ3n) is 7.64. The Kier molecular flexibility index (Phi) is 8.71. The molecule has 0 radical (unpaired) electrons. The number of hydrogen-bond acceptors (Lipinski definition) is 7. The molecule has 0 spiro atoms. The summed E-state index contributed by atoms with van der Waals surface area (Å²) in [7, 11) is 3.91. The lowest BCUT2D eigenvalue weighted by Crippen LogP contribution is -2.42. The number of likely N-dealkylation sites (tertiary alicyclic amines) is 1. The summed E-state index contributed by atoms with van der Waals surface area (Å²) in [5.41, 5.74) is 4.56. The lowest BCUT2D eigenvalue weighted by Gasteiger charge is -2.31. The molecule has 3 aromatic rings. The number of carbonyl (C=O) groups is 2. The van der Waals surface area contributed by atoms with E-state index in [2.05, 4.69) is 11.0 Å². The first kappa shape index (κ1) is 28.4. The number of anilines is 1. The molecule has 8 heteroatoms. The van der Waals surface area contributed by atoms with Gasteiger partial charge in [0.2, 0.25) is 0 Å². The summed E-state index contributed by atoms with van der Waals surface area (Å²) in [5, 5.41) is 11.5. The van der Waals surface area contributed by atoms with Crippen LogP contribution in [0.2, 0.25) is 0 Å². The Hall–Kier alpha value is -4.14. The molecule has 214 valence electrons. The fraction of sp³-hybridized carbons (Fsp3) is 0.333. The second-order valence-electron chi connectivity index (χ2n) is 10.7. The van der Waals surface area contributed by atoms with E-state index >= 15 is 0 Å². The van der Waals surface area contributed by atoms with Crippen molar-refractivity contribution in [2.45, 2.75) is 19.6 Å². The van der Waals surface area contributed by atoms with E-state index in [0.29, 0.717) is 44.2 Å². The van der Waals surface area contributed by atoms with Crippen LogP contribution in [0.15, 0.2) is 78.4 Å². The summed E-state index contributed by atoms with van der Waals surface area (Å²) < 4.78 is 11.4. The molecule has 2 saturated heterocycles. The van der Waals surface area contributed by atoms with E-state index < -0.39 is 17.7 Å². The molecule has 1 amide bonds. The molecular weight excluding hydrogens is 518 g/mol. The minimum Gasteiger partial charge on any atom is -0.507 e. The first-order chi connectivity index (χ1) is 19.8. The molecule has 8 nitrogen and oxygen atoms in total. The van der Waals surface area contributed by atoms with Crippen LogP contribution in [0.5, 0.6) is 5.75 Å². The van der Waals surface area contributed by atoms with Gasteiger partial charge in [0.25, 0.3) is 11.7 Å². The molecule has 2 aliphatic rings. The Balaban J connectivity index is 1.42. The molecule has 41 heavy (non-hydrogen) atoms. The van der Waals surface area contributed by atoms with Crippen LogP contribution in [-0.4, -0.2) is 80.1 Å². The summed E-state index contributed by atoms with van der Waals surface area (Å²) >= 11 is 0. The maximum absolute atomic E-state index is 13.4. The third-order valence-corrected chi connectivity index (χ3v) is 7.64. The van der Waals surface area contributed by atoms with Crippen LogP contribution < -0.4 is 9.64 Å². The number of amides is 1. The molecule has 2 aliphatic heterocycles. The Morgan fingerprint density at radius 1 is 0.976 bits per heavy atom. The standard InChI is InChI=1S/C33H37N3O5/c1-23-5-4-6-24(21-23)22-41-28-13-9-26(10-14-28)31(37)29-30(25-7-11-27(12-8-25)34(2)3)36(33(39)32(29)38)16-15-35-17-19-40-20-18-35/h4-14,21,30,37H,15-20,22H2,1-3H3/b31-29+/t30-/m1/s1.